The molecular weight excluding hydrogens is 248 g/mol. The first kappa shape index (κ1) is 13.1. The summed E-state index contributed by atoms with van der Waals surface area (Å²) < 4.78 is 2.01. The molecule has 4 nitrogen and oxygen atoms in total. The predicted octanol–water partition coefficient (Wildman–Crippen LogP) is 2.59. The Kier molecular flexibility index (Phi) is 4.33. The second kappa shape index (κ2) is 5.98. The number of aromatic nitrogens is 3. The molecule has 0 spiro atoms. The molecule has 0 saturated carbocycles. The molecule has 0 radical (unpaired) electrons. The van der Waals surface area contributed by atoms with Crippen molar-refractivity contribution in [3.05, 3.63) is 41.1 Å². The highest BCUT2D eigenvalue weighted by Gasteiger charge is 2.08. The fraction of sp³-hybridized carbons (Fsp3) is 0.385. The van der Waals surface area contributed by atoms with Gasteiger partial charge in [-0.2, -0.15) is 0 Å². The Morgan fingerprint density at radius 3 is 2.94 bits per heavy atom. The highest BCUT2D eigenvalue weighted by Crippen LogP contribution is 2.18. The molecule has 0 saturated heterocycles. The predicted molar refractivity (Wildman–Crippen MR) is 73.1 cm³/mol. The van der Waals surface area contributed by atoms with Crippen molar-refractivity contribution in [1.82, 2.24) is 19.9 Å². The molecule has 2 heterocycles. The van der Waals surface area contributed by atoms with Gasteiger partial charge in [-0.1, -0.05) is 18.5 Å². The Hall–Kier alpha value is -1.39. The van der Waals surface area contributed by atoms with Crippen LogP contribution in [0.15, 0.2) is 24.7 Å². The molecule has 0 unspecified atom stereocenters. The highest BCUT2D eigenvalue weighted by molar-refractivity contribution is 6.31. The fourth-order valence-corrected chi connectivity index (χ4v) is 2.05. The summed E-state index contributed by atoms with van der Waals surface area (Å²) in [5, 5.41) is 3.79. The third-order valence-electron chi connectivity index (χ3n) is 2.73. The Morgan fingerprint density at radius 2 is 2.22 bits per heavy atom. The number of halogens is 1. The average molecular weight is 265 g/mol. The van der Waals surface area contributed by atoms with E-state index < -0.39 is 0 Å². The number of hydrogen-bond acceptors (Lipinski definition) is 3. The van der Waals surface area contributed by atoms with Crippen LogP contribution in [0.4, 0.5) is 0 Å². The summed E-state index contributed by atoms with van der Waals surface area (Å²) in [6, 6.07) is 2.00. The van der Waals surface area contributed by atoms with Crippen molar-refractivity contribution in [2.45, 2.75) is 26.3 Å². The van der Waals surface area contributed by atoms with Crippen LogP contribution in [0.5, 0.6) is 0 Å². The van der Waals surface area contributed by atoms with Crippen molar-refractivity contribution in [2.24, 2.45) is 0 Å². The lowest BCUT2D eigenvalue weighted by atomic mass is 10.2. The number of pyridine rings is 1. The van der Waals surface area contributed by atoms with Gasteiger partial charge in [0.05, 0.1) is 5.02 Å². The molecule has 18 heavy (non-hydrogen) atoms. The number of rotatable bonds is 5. The van der Waals surface area contributed by atoms with Crippen molar-refractivity contribution in [2.75, 3.05) is 7.05 Å². The largest absolute Gasteiger partial charge is 0.316 e. The van der Waals surface area contributed by atoms with Gasteiger partial charge >= 0.3 is 0 Å². The topological polar surface area (TPSA) is 42.7 Å². The van der Waals surface area contributed by atoms with Crippen molar-refractivity contribution in [3.63, 3.8) is 0 Å². The summed E-state index contributed by atoms with van der Waals surface area (Å²) in [6.07, 6.45) is 7.44. The van der Waals surface area contributed by atoms with Gasteiger partial charge in [-0.15, -0.1) is 0 Å². The van der Waals surface area contributed by atoms with Crippen LogP contribution >= 0.6 is 11.6 Å². The summed E-state index contributed by atoms with van der Waals surface area (Å²) in [5.41, 5.74) is 1.04. The lowest BCUT2D eigenvalue weighted by molar-refractivity contribution is 0.788. The van der Waals surface area contributed by atoms with E-state index >= 15 is 0 Å². The first-order valence-corrected chi connectivity index (χ1v) is 6.45. The van der Waals surface area contributed by atoms with Crippen molar-refractivity contribution in [1.29, 1.82) is 0 Å². The maximum absolute atomic E-state index is 6.11. The quantitative estimate of drug-likeness (QED) is 0.903. The van der Waals surface area contributed by atoms with E-state index in [9.17, 15) is 0 Å². The molecular formula is C13H17ClN4. The summed E-state index contributed by atoms with van der Waals surface area (Å²) in [4.78, 5) is 8.72. The maximum Gasteiger partial charge on any atom is 0.138 e. The Balaban J connectivity index is 2.38. The van der Waals surface area contributed by atoms with Crippen molar-refractivity contribution < 1.29 is 0 Å². The van der Waals surface area contributed by atoms with Gasteiger partial charge in [-0.3, -0.25) is 4.57 Å². The molecule has 0 aromatic carbocycles. The first-order chi connectivity index (χ1) is 8.76. The van der Waals surface area contributed by atoms with E-state index in [0.29, 0.717) is 5.02 Å². The second-order valence-corrected chi connectivity index (χ2v) is 4.53. The zero-order valence-corrected chi connectivity index (χ0v) is 11.4. The van der Waals surface area contributed by atoms with Gasteiger partial charge in [0.15, 0.2) is 0 Å². The third kappa shape index (κ3) is 2.71. The van der Waals surface area contributed by atoms with Crippen LogP contribution in [-0.4, -0.2) is 21.6 Å². The Morgan fingerprint density at radius 1 is 1.39 bits per heavy atom. The molecule has 2 rings (SSSR count). The van der Waals surface area contributed by atoms with E-state index in [-0.39, 0.29) is 0 Å². The van der Waals surface area contributed by atoms with Crippen molar-refractivity contribution >= 4 is 11.6 Å². The standard InChI is InChI=1S/C13H17ClN4/c1-3-4-12-16-5-6-18(12)13-7-10(8-15-2)11(14)9-17-13/h5-7,9,15H,3-4,8H2,1-2H3. The smallest absolute Gasteiger partial charge is 0.138 e. The molecule has 96 valence electrons. The van der Waals surface area contributed by atoms with Gasteiger partial charge in [-0.25, -0.2) is 9.97 Å². The van der Waals surface area contributed by atoms with Crippen LogP contribution < -0.4 is 5.32 Å². The summed E-state index contributed by atoms with van der Waals surface area (Å²) in [7, 11) is 1.90. The molecule has 0 atom stereocenters. The van der Waals surface area contributed by atoms with Crippen LogP contribution in [-0.2, 0) is 13.0 Å². The monoisotopic (exact) mass is 264 g/mol. The second-order valence-electron chi connectivity index (χ2n) is 4.13. The summed E-state index contributed by atoms with van der Waals surface area (Å²) >= 11 is 6.11. The number of hydrogen-bond donors (Lipinski definition) is 1. The Labute approximate surface area is 112 Å². The van der Waals surface area contributed by atoms with Crippen LogP contribution in [0.1, 0.15) is 24.7 Å². The number of nitrogens with one attached hydrogen (secondary N) is 1. The minimum atomic E-state index is 0.685. The first-order valence-electron chi connectivity index (χ1n) is 6.08. The van der Waals surface area contributed by atoms with E-state index in [1.807, 2.05) is 23.9 Å². The number of imidazole rings is 1. The van der Waals surface area contributed by atoms with Crippen molar-refractivity contribution in [3.8, 4) is 5.82 Å². The third-order valence-corrected chi connectivity index (χ3v) is 3.07. The summed E-state index contributed by atoms with van der Waals surface area (Å²) in [6.45, 7) is 2.87. The van der Waals surface area contributed by atoms with Gasteiger partial charge in [0.25, 0.3) is 0 Å². The average Bonchev–Trinajstić information content (AvgIpc) is 2.81. The van der Waals surface area contributed by atoms with E-state index in [4.69, 9.17) is 11.6 Å². The maximum atomic E-state index is 6.11. The molecule has 5 heteroatoms. The molecule has 2 aromatic rings. The zero-order valence-electron chi connectivity index (χ0n) is 10.7. The van der Waals surface area contributed by atoms with Gasteiger partial charge in [-0.05, 0) is 25.1 Å². The van der Waals surface area contributed by atoms with Gasteiger partial charge in [0, 0.05) is 31.6 Å². The molecule has 0 aliphatic rings. The molecule has 0 aliphatic heterocycles. The minimum Gasteiger partial charge on any atom is -0.316 e. The normalized spacial score (nSPS) is 10.8. The SMILES string of the molecule is CCCc1nccn1-c1cc(CNC)c(Cl)cn1. The molecule has 0 amide bonds. The number of aryl methyl sites for hydroxylation is 1. The van der Waals surface area contributed by atoms with Crippen LogP contribution in [0, 0.1) is 0 Å². The van der Waals surface area contributed by atoms with E-state index in [2.05, 4.69) is 22.2 Å². The molecule has 1 N–H and O–H groups in total. The zero-order chi connectivity index (χ0) is 13.0. The van der Waals surface area contributed by atoms with E-state index in [1.165, 1.54) is 0 Å². The van der Waals surface area contributed by atoms with Crippen LogP contribution in [0.25, 0.3) is 5.82 Å². The van der Waals surface area contributed by atoms with Crippen LogP contribution in [0.2, 0.25) is 5.02 Å². The van der Waals surface area contributed by atoms with Gasteiger partial charge in [0.1, 0.15) is 11.6 Å². The summed E-state index contributed by atoms with van der Waals surface area (Å²) in [5.74, 6) is 1.90. The van der Waals surface area contributed by atoms with Crippen LogP contribution in [0.3, 0.4) is 0 Å². The van der Waals surface area contributed by atoms with E-state index in [0.717, 1.165) is 36.6 Å². The van der Waals surface area contributed by atoms with Gasteiger partial charge in [0.2, 0.25) is 0 Å². The molecule has 2 aromatic heterocycles. The van der Waals surface area contributed by atoms with E-state index in [1.54, 1.807) is 12.4 Å². The molecule has 0 bridgehead atoms. The lowest BCUT2D eigenvalue weighted by Crippen LogP contribution is -2.08. The number of nitrogens with zero attached hydrogens (tertiary/aromatic N) is 3. The lowest BCUT2D eigenvalue weighted by Gasteiger charge is -2.09. The molecule has 0 fully saturated rings. The molecule has 0 aliphatic carbocycles. The Bertz CT molecular complexity index is 521. The highest BCUT2D eigenvalue weighted by atomic mass is 35.5. The van der Waals surface area contributed by atoms with Gasteiger partial charge < -0.3 is 5.32 Å². The fourth-order valence-electron chi connectivity index (χ4n) is 1.88. The minimum absolute atomic E-state index is 0.685.